The Labute approximate surface area is 511 Å². The maximum atomic E-state index is 13.0. The van der Waals surface area contributed by atoms with Crippen molar-refractivity contribution >= 4 is 17.9 Å². The number of ether oxygens (including phenoxy) is 3. The van der Waals surface area contributed by atoms with Crippen molar-refractivity contribution in [2.24, 2.45) is 0 Å². The molecule has 6 nitrogen and oxygen atoms in total. The molecule has 6 heteroatoms. The Morgan fingerprint density at radius 1 is 0.244 bits per heavy atom. The molecule has 0 N–H and O–H groups in total. The number of esters is 3. The Balaban J connectivity index is 4.32. The second kappa shape index (κ2) is 70.9. The molecule has 0 amide bonds. The van der Waals surface area contributed by atoms with E-state index in [1.807, 2.05) is 0 Å². The Morgan fingerprint density at radius 2 is 0.439 bits per heavy atom. The smallest absolute Gasteiger partial charge is 0.306 e. The van der Waals surface area contributed by atoms with Crippen molar-refractivity contribution in [1.82, 2.24) is 0 Å². The molecule has 0 radical (unpaired) electrons. The van der Waals surface area contributed by atoms with Crippen LogP contribution in [-0.2, 0) is 28.6 Å². The predicted octanol–water partition coefficient (Wildman–Crippen LogP) is 25.3. The molecule has 1 atom stereocenters. The summed E-state index contributed by atoms with van der Waals surface area (Å²) in [4.78, 5) is 38.5. The third-order valence-corrected chi connectivity index (χ3v) is 16.5. The molecule has 0 aliphatic rings. The highest BCUT2D eigenvalue weighted by Gasteiger charge is 2.19. The molecule has 0 aliphatic carbocycles. The molecule has 480 valence electrons. The van der Waals surface area contributed by atoms with E-state index in [9.17, 15) is 14.4 Å². The van der Waals surface area contributed by atoms with Crippen LogP contribution in [0.5, 0.6) is 0 Å². The van der Waals surface area contributed by atoms with Crippen molar-refractivity contribution in [3.63, 3.8) is 0 Å². The number of rotatable bonds is 68. The average Bonchev–Trinajstić information content (AvgIpc) is 3.47. The third-order valence-electron chi connectivity index (χ3n) is 16.5. The number of carbonyl (C=O) groups is 3. The van der Waals surface area contributed by atoms with Crippen LogP contribution in [0.2, 0.25) is 0 Å². The van der Waals surface area contributed by atoms with E-state index in [2.05, 4.69) is 69.4 Å². The Kier molecular flexibility index (Phi) is 68.6. The molecular formula is C76H140O6. The highest BCUT2D eigenvalue weighted by atomic mass is 16.6. The molecule has 0 bridgehead atoms. The monoisotopic (exact) mass is 1150 g/mol. The van der Waals surface area contributed by atoms with E-state index >= 15 is 0 Å². The summed E-state index contributed by atoms with van der Waals surface area (Å²) in [5.41, 5.74) is 0. The predicted molar refractivity (Wildman–Crippen MR) is 358 cm³/mol. The van der Waals surface area contributed by atoms with Crippen LogP contribution in [-0.4, -0.2) is 37.2 Å². The molecule has 0 saturated heterocycles. The van der Waals surface area contributed by atoms with E-state index in [0.717, 1.165) is 64.2 Å². The van der Waals surface area contributed by atoms with E-state index in [1.54, 1.807) is 0 Å². The van der Waals surface area contributed by atoms with Crippen LogP contribution in [0.1, 0.15) is 400 Å². The molecule has 0 aromatic rings. The first-order valence-electron chi connectivity index (χ1n) is 36.6. The number of allylic oxidation sites excluding steroid dienone is 8. The van der Waals surface area contributed by atoms with Gasteiger partial charge in [-0.05, 0) is 103 Å². The van der Waals surface area contributed by atoms with Gasteiger partial charge in [0.15, 0.2) is 6.10 Å². The van der Waals surface area contributed by atoms with Crippen LogP contribution in [0, 0.1) is 0 Å². The summed E-state index contributed by atoms with van der Waals surface area (Å²) >= 11 is 0. The molecular weight excluding hydrogens is 1010 g/mol. The van der Waals surface area contributed by atoms with Crippen LogP contribution in [0.15, 0.2) is 48.6 Å². The molecule has 1 unspecified atom stereocenters. The number of carbonyl (C=O) groups excluding carboxylic acids is 3. The van der Waals surface area contributed by atoms with Gasteiger partial charge in [-0.1, -0.05) is 326 Å². The maximum Gasteiger partial charge on any atom is 0.306 e. The van der Waals surface area contributed by atoms with Gasteiger partial charge in [0.2, 0.25) is 0 Å². The quantitative estimate of drug-likeness (QED) is 0.0261. The first-order chi connectivity index (χ1) is 40.5. The van der Waals surface area contributed by atoms with Crippen LogP contribution < -0.4 is 0 Å². The van der Waals surface area contributed by atoms with Crippen LogP contribution in [0.4, 0.5) is 0 Å². The lowest BCUT2D eigenvalue weighted by Crippen LogP contribution is -2.30. The summed E-state index contributed by atoms with van der Waals surface area (Å²) in [7, 11) is 0. The molecule has 0 fully saturated rings. The zero-order valence-corrected chi connectivity index (χ0v) is 55.3. The van der Waals surface area contributed by atoms with Crippen LogP contribution in [0.3, 0.4) is 0 Å². The summed E-state index contributed by atoms with van der Waals surface area (Å²) in [5, 5.41) is 0. The van der Waals surface area contributed by atoms with Gasteiger partial charge in [-0.3, -0.25) is 14.4 Å². The molecule has 0 aromatic heterocycles. The van der Waals surface area contributed by atoms with E-state index in [0.29, 0.717) is 19.3 Å². The fourth-order valence-corrected chi connectivity index (χ4v) is 11.0. The Hall–Kier alpha value is -2.63. The SMILES string of the molecule is CCCCCCC/C=C\C/C=C\CCCCCCCCCCCC(=O)OC(COC(=O)CCCCCCCCC/C=C\CCCCCCCCC)COC(=O)CCCCCCCCCCCCCCC/C=C\CCCCCCCCCC. The minimum absolute atomic E-state index is 0.0729. The van der Waals surface area contributed by atoms with Gasteiger partial charge >= 0.3 is 17.9 Å². The van der Waals surface area contributed by atoms with E-state index in [-0.39, 0.29) is 31.1 Å². The van der Waals surface area contributed by atoms with Gasteiger partial charge in [0.25, 0.3) is 0 Å². The first kappa shape index (κ1) is 79.4. The molecule has 0 aromatic carbocycles. The van der Waals surface area contributed by atoms with Crippen LogP contribution in [0.25, 0.3) is 0 Å². The number of unbranched alkanes of at least 4 members (excludes halogenated alkanes) is 49. The molecule has 0 heterocycles. The Morgan fingerprint density at radius 3 is 0.683 bits per heavy atom. The van der Waals surface area contributed by atoms with Gasteiger partial charge in [-0.2, -0.15) is 0 Å². The van der Waals surface area contributed by atoms with E-state index in [4.69, 9.17) is 14.2 Å². The number of hydrogen-bond donors (Lipinski definition) is 0. The normalized spacial score (nSPS) is 12.3. The highest BCUT2D eigenvalue weighted by molar-refractivity contribution is 5.71. The van der Waals surface area contributed by atoms with Crippen molar-refractivity contribution in [2.45, 2.75) is 406 Å². The number of hydrogen-bond acceptors (Lipinski definition) is 6. The first-order valence-corrected chi connectivity index (χ1v) is 36.6. The van der Waals surface area contributed by atoms with E-state index in [1.165, 1.54) is 295 Å². The second-order valence-corrected chi connectivity index (χ2v) is 24.8. The fraction of sp³-hybridized carbons (Fsp3) is 0.855. The van der Waals surface area contributed by atoms with Gasteiger partial charge in [0.1, 0.15) is 13.2 Å². The summed E-state index contributed by atoms with van der Waals surface area (Å²) in [6.07, 6.45) is 89.9. The van der Waals surface area contributed by atoms with Gasteiger partial charge in [-0.25, -0.2) is 0 Å². The lowest BCUT2D eigenvalue weighted by molar-refractivity contribution is -0.167. The lowest BCUT2D eigenvalue weighted by atomic mass is 10.0. The summed E-state index contributed by atoms with van der Waals surface area (Å²) in [5.74, 6) is -0.854. The van der Waals surface area contributed by atoms with Crippen molar-refractivity contribution in [1.29, 1.82) is 0 Å². The summed E-state index contributed by atoms with van der Waals surface area (Å²) in [6.45, 7) is 6.69. The fourth-order valence-electron chi connectivity index (χ4n) is 11.0. The van der Waals surface area contributed by atoms with Gasteiger partial charge < -0.3 is 14.2 Å². The lowest BCUT2D eigenvalue weighted by Gasteiger charge is -2.18. The topological polar surface area (TPSA) is 78.9 Å². The van der Waals surface area contributed by atoms with Gasteiger partial charge in [-0.15, -0.1) is 0 Å². The molecule has 0 spiro atoms. The molecule has 0 aliphatic heterocycles. The largest absolute Gasteiger partial charge is 0.462 e. The molecule has 0 saturated carbocycles. The van der Waals surface area contributed by atoms with Crippen molar-refractivity contribution in [3.05, 3.63) is 48.6 Å². The third kappa shape index (κ3) is 68.2. The van der Waals surface area contributed by atoms with Crippen molar-refractivity contribution in [3.8, 4) is 0 Å². The van der Waals surface area contributed by atoms with Gasteiger partial charge in [0.05, 0.1) is 0 Å². The second-order valence-electron chi connectivity index (χ2n) is 24.8. The van der Waals surface area contributed by atoms with E-state index < -0.39 is 6.10 Å². The minimum atomic E-state index is -0.778. The molecule has 82 heavy (non-hydrogen) atoms. The minimum Gasteiger partial charge on any atom is -0.462 e. The molecule has 0 rings (SSSR count). The zero-order valence-electron chi connectivity index (χ0n) is 55.3. The van der Waals surface area contributed by atoms with Crippen molar-refractivity contribution in [2.75, 3.05) is 13.2 Å². The van der Waals surface area contributed by atoms with Crippen molar-refractivity contribution < 1.29 is 28.6 Å². The summed E-state index contributed by atoms with van der Waals surface area (Å²) < 4.78 is 17.0. The zero-order chi connectivity index (χ0) is 59.2. The maximum absolute atomic E-state index is 13.0. The average molecular weight is 1150 g/mol. The highest BCUT2D eigenvalue weighted by Crippen LogP contribution is 2.18. The van der Waals surface area contributed by atoms with Crippen LogP contribution >= 0.6 is 0 Å². The standard InChI is InChI=1S/C76H140O6/c1-4-7-10-13-16-19-22-25-28-31-34-36-37-38-39-41-42-45-48-51-54-57-60-63-66-69-75(78)81-72-73(71-80-74(77)68-65-62-59-56-53-50-47-44-33-30-27-24-21-18-15-12-9-6-3)82-76(79)70-67-64-61-58-55-52-49-46-43-40-35-32-29-26-23-20-17-14-11-8-5-2/h23,26,30-35,73H,4-22,24-25,27-29,36-72H2,1-3H3/b26-23-,33-30-,34-31-,35-32-. The summed E-state index contributed by atoms with van der Waals surface area (Å²) in [6, 6.07) is 0. The Bertz CT molecular complexity index is 1410. The van der Waals surface area contributed by atoms with Gasteiger partial charge in [0, 0.05) is 19.3 Å².